The Balaban J connectivity index is 2.02. The van der Waals surface area contributed by atoms with Crippen molar-refractivity contribution in [1.82, 2.24) is 4.90 Å². The van der Waals surface area contributed by atoms with Crippen LogP contribution in [0.3, 0.4) is 0 Å². The smallest absolute Gasteiger partial charge is 0.236 e. The van der Waals surface area contributed by atoms with Crippen LogP contribution < -0.4 is 5.73 Å². The number of fused-ring (bicyclic) bond motifs is 2. The molecule has 2 saturated heterocycles. The fourth-order valence-corrected chi connectivity index (χ4v) is 1.82. The van der Waals surface area contributed by atoms with Gasteiger partial charge in [-0.05, 0) is 6.42 Å². The molecule has 2 N–H and O–H groups in total. The number of nitrogens with zero attached hydrogens (tertiary/aromatic N) is 1. The number of hydrogen-bond donors (Lipinski definition) is 1. The number of ether oxygens (including phenoxy) is 1. The second-order valence-corrected chi connectivity index (χ2v) is 3.10. The van der Waals surface area contributed by atoms with Crippen LogP contribution in [-0.4, -0.2) is 42.6 Å². The topological polar surface area (TPSA) is 55.6 Å². The number of morpholine rings is 1. The molecule has 2 atom stereocenters. The Kier molecular flexibility index (Phi) is 1.58. The highest BCUT2D eigenvalue weighted by molar-refractivity contribution is 5.78. The summed E-state index contributed by atoms with van der Waals surface area (Å²) >= 11 is 0. The van der Waals surface area contributed by atoms with E-state index in [1.807, 2.05) is 4.90 Å². The Hall–Kier alpha value is -0.610. The van der Waals surface area contributed by atoms with Gasteiger partial charge in [-0.1, -0.05) is 0 Å². The van der Waals surface area contributed by atoms with Crippen molar-refractivity contribution in [1.29, 1.82) is 0 Å². The maximum Gasteiger partial charge on any atom is 0.236 e. The summed E-state index contributed by atoms with van der Waals surface area (Å²) < 4.78 is 5.34. The summed E-state index contributed by atoms with van der Waals surface area (Å²) in [5, 5.41) is 0. The van der Waals surface area contributed by atoms with Gasteiger partial charge in [0, 0.05) is 6.54 Å². The zero-order chi connectivity index (χ0) is 7.84. The van der Waals surface area contributed by atoms with E-state index < -0.39 is 0 Å². The Labute approximate surface area is 65.3 Å². The molecule has 0 aliphatic carbocycles. The Morgan fingerprint density at radius 2 is 2.55 bits per heavy atom. The summed E-state index contributed by atoms with van der Waals surface area (Å²) in [5.41, 5.74) is 5.25. The zero-order valence-electron chi connectivity index (χ0n) is 6.32. The third kappa shape index (κ3) is 1.02. The highest BCUT2D eigenvalue weighted by atomic mass is 16.5. The van der Waals surface area contributed by atoms with Gasteiger partial charge in [0.1, 0.15) is 0 Å². The molecule has 11 heavy (non-hydrogen) atoms. The third-order valence-electron chi connectivity index (χ3n) is 2.40. The van der Waals surface area contributed by atoms with E-state index in [0.717, 1.165) is 13.0 Å². The molecule has 0 saturated carbocycles. The fraction of sp³-hybridized carbons (Fsp3) is 0.857. The van der Waals surface area contributed by atoms with Crippen LogP contribution in [0.25, 0.3) is 0 Å². The van der Waals surface area contributed by atoms with Crippen molar-refractivity contribution >= 4 is 5.91 Å². The molecule has 0 spiro atoms. The Morgan fingerprint density at radius 3 is 3.00 bits per heavy atom. The molecule has 4 nitrogen and oxygen atoms in total. The lowest BCUT2D eigenvalue weighted by Gasteiger charge is -2.26. The molecule has 2 rings (SSSR count). The molecular weight excluding hydrogens is 144 g/mol. The lowest BCUT2D eigenvalue weighted by atomic mass is 10.2. The van der Waals surface area contributed by atoms with Crippen molar-refractivity contribution in [3.63, 3.8) is 0 Å². The maximum absolute atomic E-state index is 11.1. The van der Waals surface area contributed by atoms with E-state index in [4.69, 9.17) is 10.5 Å². The van der Waals surface area contributed by atoms with Crippen molar-refractivity contribution in [2.24, 2.45) is 5.73 Å². The summed E-state index contributed by atoms with van der Waals surface area (Å²) in [6.45, 7) is 1.58. The molecular formula is C7H12N2O2. The average molecular weight is 156 g/mol. The van der Waals surface area contributed by atoms with Crippen molar-refractivity contribution in [2.75, 3.05) is 19.7 Å². The second kappa shape index (κ2) is 2.46. The van der Waals surface area contributed by atoms with E-state index in [1.54, 1.807) is 0 Å². The summed E-state index contributed by atoms with van der Waals surface area (Å²) in [6.07, 6.45) is 1.29. The molecule has 1 amide bonds. The summed E-state index contributed by atoms with van der Waals surface area (Å²) in [4.78, 5) is 13.0. The van der Waals surface area contributed by atoms with Gasteiger partial charge in [0.2, 0.25) is 5.91 Å². The van der Waals surface area contributed by atoms with E-state index in [0.29, 0.717) is 12.6 Å². The second-order valence-electron chi connectivity index (χ2n) is 3.10. The first-order valence-corrected chi connectivity index (χ1v) is 3.92. The van der Waals surface area contributed by atoms with Gasteiger partial charge < -0.3 is 15.4 Å². The Bertz CT molecular complexity index is 183. The molecule has 0 radical (unpaired) electrons. The predicted molar refractivity (Wildman–Crippen MR) is 38.9 cm³/mol. The fourth-order valence-electron chi connectivity index (χ4n) is 1.82. The van der Waals surface area contributed by atoms with Crippen LogP contribution in [0.15, 0.2) is 0 Å². The van der Waals surface area contributed by atoms with Crippen molar-refractivity contribution in [3.05, 3.63) is 0 Å². The number of amides is 1. The van der Waals surface area contributed by atoms with E-state index in [-0.39, 0.29) is 18.6 Å². The summed E-state index contributed by atoms with van der Waals surface area (Å²) in [7, 11) is 0. The van der Waals surface area contributed by atoms with E-state index in [2.05, 4.69) is 0 Å². The van der Waals surface area contributed by atoms with Gasteiger partial charge in [0.25, 0.3) is 0 Å². The number of carbonyl (C=O) groups excluding carboxylic acids is 1. The normalized spacial score (nSPS) is 34.8. The van der Waals surface area contributed by atoms with Crippen LogP contribution in [-0.2, 0) is 9.53 Å². The largest absolute Gasteiger partial charge is 0.374 e. The minimum atomic E-state index is 0.0563. The standard InChI is InChI=1S/C7H12N2O2/c8-2-7(10)9-3-6-1-5(9)4-11-6/h5-6H,1-4,8H2. The molecule has 62 valence electrons. The van der Waals surface area contributed by atoms with Gasteiger partial charge >= 0.3 is 0 Å². The quantitative estimate of drug-likeness (QED) is 0.526. The maximum atomic E-state index is 11.1. The molecule has 0 aromatic rings. The molecule has 2 unspecified atom stereocenters. The summed E-state index contributed by atoms with van der Waals surface area (Å²) in [5.74, 6) is 0.0563. The van der Waals surface area contributed by atoms with E-state index >= 15 is 0 Å². The number of carbonyl (C=O) groups is 1. The van der Waals surface area contributed by atoms with Gasteiger partial charge in [-0.15, -0.1) is 0 Å². The minimum absolute atomic E-state index is 0.0563. The van der Waals surface area contributed by atoms with Crippen molar-refractivity contribution < 1.29 is 9.53 Å². The van der Waals surface area contributed by atoms with E-state index in [9.17, 15) is 4.79 Å². The minimum Gasteiger partial charge on any atom is -0.374 e. The lowest BCUT2D eigenvalue weighted by molar-refractivity contribution is -0.134. The first-order valence-electron chi connectivity index (χ1n) is 3.92. The summed E-state index contributed by atoms with van der Waals surface area (Å²) in [6, 6.07) is 0.316. The van der Waals surface area contributed by atoms with Gasteiger partial charge in [-0.2, -0.15) is 0 Å². The number of rotatable bonds is 1. The molecule has 4 heteroatoms. The van der Waals surface area contributed by atoms with Gasteiger partial charge in [0.05, 0.1) is 25.3 Å². The molecule has 0 aromatic heterocycles. The van der Waals surface area contributed by atoms with Crippen LogP contribution in [0.5, 0.6) is 0 Å². The predicted octanol–water partition coefficient (Wildman–Crippen LogP) is -1.06. The molecule has 2 aliphatic rings. The van der Waals surface area contributed by atoms with Crippen LogP contribution in [0.2, 0.25) is 0 Å². The van der Waals surface area contributed by atoms with Gasteiger partial charge in [-0.25, -0.2) is 0 Å². The van der Waals surface area contributed by atoms with Crippen molar-refractivity contribution in [2.45, 2.75) is 18.6 Å². The monoisotopic (exact) mass is 156 g/mol. The lowest BCUT2D eigenvalue weighted by Crippen LogP contribution is -2.44. The first-order chi connectivity index (χ1) is 5.31. The zero-order valence-corrected chi connectivity index (χ0v) is 6.32. The first kappa shape index (κ1) is 7.06. The number of likely N-dealkylation sites (tertiary alicyclic amines) is 1. The van der Waals surface area contributed by atoms with Crippen LogP contribution in [0, 0.1) is 0 Å². The highest BCUT2D eigenvalue weighted by Gasteiger charge is 2.40. The third-order valence-corrected chi connectivity index (χ3v) is 2.40. The molecule has 2 fully saturated rings. The molecule has 0 aromatic carbocycles. The molecule has 2 bridgehead atoms. The number of hydrogen-bond acceptors (Lipinski definition) is 3. The SMILES string of the molecule is NCC(=O)N1CC2CC1CO2. The Morgan fingerprint density at radius 1 is 1.73 bits per heavy atom. The van der Waals surface area contributed by atoms with Crippen LogP contribution >= 0.6 is 0 Å². The van der Waals surface area contributed by atoms with Crippen molar-refractivity contribution in [3.8, 4) is 0 Å². The van der Waals surface area contributed by atoms with E-state index in [1.165, 1.54) is 0 Å². The average Bonchev–Trinajstić information content (AvgIpc) is 2.62. The number of nitrogens with two attached hydrogens (primary N) is 1. The van der Waals surface area contributed by atoms with Crippen LogP contribution in [0.4, 0.5) is 0 Å². The van der Waals surface area contributed by atoms with Gasteiger partial charge in [-0.3, -0.25) is 4.79 Å². The molecule has 2 aliphatic heterocycles. The van der Waals surface area contributed by atoms with Crippen LogP contribution in [0.1, 0.15) is 6.42 Å². The highest BCUT2D eigenvalue weighted by Crippen LogP contribution is 2.27. The van der Waals surface area contributed by atoms with Gasteiger partial charge in [0.15, 0.2) is 0 Å². The molecule has 2 heterocycles.